The van der Waals surface area contributed by atoms with Gasteiger partial charge >= 0.3 is 0 Å². The Morgan fingerprint density at radius 2 is 0.909 bits per heavy atom. The summed E-state index contributed by atoms with van der Waals surface area (Å²) in [6, 6.07) is 69.8. The number of fused-ring (bicyclic) bond motifs is 3. The number of hydrogen-bond donors (Lipinski definition) is 1. The summed E-state index contributed by atoms with van der Waals surface area (Å²) in [5, 5.41) is 5.85. The summed E-state index contributed by atoms with van der Waals surface area (Å²) in [4.78, 5) is 10.4. The van der Waals surface area contributed by atoms with Crippen molar-refractivity contribution in [2.24, 2.45) is 9.98 Å². The van der Waals surface area contributed by atoms with Crippen molar-refractivity contribution in [3.63, 3.8) is 0 Å². The summed E-state index contributed by atoms with van der Waals surface area (Å²) < 4.78 is 7.16. The van der Waals surface area contributed by atoms with E-state index in [1.54, 1.807) is 0 Å². The van der Waals surface area contributed by atoms with Gasteiger partial charge in [0.25, 0.3) is 0 Å². The fourth-order valence-corrected chi connectivity index (χ4v) is 7.68. The number of rotatable bonds is 7. The van der Waals surface area contributed by atoms with E-state index in [1.807, 2.05) is 36.4 Å². The maximum absolute atomic E-state index is 7.16. The molecule has 0 amide bonds. The molecule has 0 bridgehead atoms. The molecular weight excluding hydrogens is 671 g/mol. The number of para-hydroxylation sites is 1. The standard InChI is InChI=1S/C51H35N3O/c1-5-16-34(17-6-1)38-24-13-26-40(32-38)42-28-15-29-43-44-30-31-45(46(48(44)55-47(42)43)41-27-14-25-39(33-41)35-18-7-2-8-19-35)51-53-49(36-20-9-3-10-21-36)52-50(54-51)37-22-11-4-12-23-37/h1-33,51H,(H,52,53,54). The van der Waals surface area contributed by atoms with Crippen molar-refractivity contribution in [1.82, 2.24) is 5.32 Å². The molecule has 0 saturated heterocycles. The lowest BCUT2D eigenvalue weighted by Gasteiger charge is -2.25. The lowest BCUT2D eigenvalue weighted by molar-refractivity contribution is 0.658. The third-order valence-electron chi connectivity index (χ3n) is 10.4. The molecule has 4 heteroatoms. The van der Waals surface area contributed by atoms with Gasteiger partial charge in [0, 0.05) is 38.6 Å². The summed E-state index contributed by atoms with van der Waals surface area (Å²) >= 11 is 0. The SMILES string of the molecule is c1ccc(C2=NC(c3ccc4c(oc5c(-c6cccc(-c7ccccc7)c6)cccc54)c3-c3cccc(-c4ccccc4)c3)NC(c3ccccc3)=N2)cc1. The van der Waals surface area contributed by atoms with Crippen LogP contribution in [-0.4, -0.2) is 11.7 Å². The van der Waals surface area contributed by atoms with Gasteiger partial charge in [0.2, 0.25) is 0 Å². The molecule has 2 heterocycles. The van der Waals surface area contributed by atoms with Gasteiger partial charge in [-0.25, -0.2) is 9.98 Å². The van der Waals surface area contributed by atoms with Gasteiger partial charge in [-0.2, -0.15) is 0 Å². The molecule has 10 rings (SSSR count). The van der Waals surface area contributed by atoms with Crippen LogP contribution in [0.15, 0.2) is 215 Å². The molecule has 1 unspecified atom stereocenters. The molecule has 8 aromatic carbocycles. The Bertz CT molecular complexity index is 2880. The number of benzene rings is 8. The maximum Gasteiger partial charge on any atom is 0.159 e. The van der Waals surface area contributed by atoms with Crippen molar-refractivity contribution in [2.45, 2.75) is 6.17 Å². The van der Waals surface area contributed by atoms with Gasteiger partial charge in [-0.15, -0.1) is 0 Å². The summed E-state index contributed by atoms with van der Waals surface area (Å²) in [6.45, 7) is 0. The molecule has 4 nitrogen and oxygen atoms in total. The first-order valence-corrected chi connectivity index (χ1v) is 18.6. The number of furan rings is 1. The monoisotopic (exact) mass is 705 g/mol. The van der Waals surface area contributed by atoms with Crippen LogP contribution in [0, 0.1) is 0 Å². The number of nitrogens with one attached hydrogen (secondary N) is 1. The van der Waals surface area contributed by atoms with Crippen LogP contribution in [-0.2, 0) is 0 Å². The van der Waals surface area contributed by atoms with E-state index in [9.17, 15) is 0 Å². The topological polar surface area (TPSA) is 49.9 Å². The zero-order valence-corrected chi connectivity index (χ0v) is 29.9. The van der Waals surface area contributed by atoms with Crippen LogP contribution in [0.1, 0.15) is 22.9 Å². The quantitative estimate of drug-likeness (QED) is 0.179. The van der Waals surface area contributed by atoms with E-state index in [-0.39, 0.29) is 0 Å². The molecule has 1 aliphatic heterocycles. The van der Waals surface area contributed by atoms with Gasteiger partial charge in [0.05, 0.1) is 0 Å². The van der Waals surface area contributed by atoms with Crippen LogP contribution in [0.25, 0.3) is 66.4 Å². The predicted molar refractivity (Wildman–Crippen MR) is 227 cm³/mol. The highest BCUT2D eigenvalue weighted by Crippen LogP contribution is 2.44. The van der Waals surface area contributed by atoms with Crippen molar-refractivity contribution in [3.05, 3.63) is 217 Å². The molecule has 0 aliphatic carbocycles. The van der Waals surface area contributed by atoms with E-state index >= 15 is 0 Å². The third-order valence-corrected chi connectivity index (χ3v) is 10.4. The highest BCUT2D eigenvalue weighted by Gasteiger charge is 2.27. The zero-order valence-electron chi connectivity index (χ0n) is 29.9. The molecule has 0 spiro atoms. The average molecular weight is 706 g/mol. The zero-order chi connectivity index (χ0) is 36.6. The lowest BCUT2D eigenvalue weighted by atomic mass is 9.92. The number of amidine groups is 2. The van der Waals surface area contributed by atoms with E-state index in [4.69, 9.17) is 14.4 Å². The van der Waals surface area contributed by atoms with Crippen molar-refractivity contribution < 1.29 is 4.42 Å². The molecule has 9 aromatic rings. The second-order valence-corrected chi connectivity index (χ2v) is 13.8. The van der Waals surface area contributed by atoms with Gasteiger partial charge in [0.1, 0.15) is 23.2 Å². The highest BCUT2D eigenvalue weighted by atomic mass is 16.3. The first-order valence-electron chi connectivity index (χ1n) is 18.6. The second kappa shape index (κ2) is 13.9. The van der Waals surface area contributed by atoms with Gasteiger partial charge in [-0.3, -0.25) is 0 Å². The van der Waals surface area contributed by atoms with E-state index < -0.39 is 6.17 Å². The Morgan fingerprint density at radius 1 is 0.400 bits per heavy atom. The molecule has 0 radical (unpaired) electrons. The minimum absolute atomic E-state index is 0.446. The van der Waals surface area contributed by atoms with Crippen LogP contribution in [0.5, 0.6) is 0 Å². The van der Waals surface area contributed by atoms with Crippen LogP contribution in [0.3, 0.4) is 0 Å². The Labute approximate surface area is 319 Å². The minimum atomic E-state index is -0.446. The van der Waals surface area contributed by atoms with Crippen LogP contribution in [0.2, 0.25) is 0 Å². The van der Waals surface area contributed by atoms with Gasteiger partial charge in [-0.1, -0.05) is 188 Å². The Kier molecular flexibility index (Phi) is 8.19. The Balaban J connectivity index is 1.20. The fourth-order valence-electron chi connectivity index (χ4n) is 7.68. The van der Waals surface area contributed by atoms with Crippen molar-refractivity contribution in [2.75, 3.05) is 0 Å². The lowest BCUT2D eigenvalue weighted by Crippen LogP contribution is -2.33. The first-order chi connectivity index (χ1) is 27.3. The van der Waals surface area contributed by atoms with Crippen molar-refractivity contribution >= 4 is 33.6 Å². The minimum Gasteiger partial charge on any atom is -0.455 e. The molecule has 1 atom stereocenters. The van der Waals surface area contributed by atoms with E-state index in [0.29, 0.717) is 5.84 Å². The molecule has 1 N–H and O–H groups in total. The summed E-state index contributed by atoms with van der Waals surface area (Å²) in [5.74, 6) is 1.45. The number of aliphatic imine (C=N–C) groups is 2. The highest BCUT2D eigenvalue weighted by molar-refractivity contribution is 6.15. The molecular formula is C51H35N3O. The Morgan fingerprint density at radius 3 is 1.56 bits per heavy atom. The molecule has 55 heavy (non-hydrogen) atoms. The molecule has 1 aliphatic rings. The number of nitrogens with zero attached hydrogens (tertiary/aromatic N) is 2. The van der Waals surface area contributed by atoms with Crippen molar-refractivity contribution in [3.8, 4) is 44.5 Å². The largest absolute Gasteiger partial charge is 0.455 e. The summed E-state index contributed by atoms with van der Waals surface area (Å²) in [7, 11) is 0. The Hall–Kier alpha value is -7.30. The molecule has 1 aromatic heterocycles. The summed E-state index contributed by atoms with van der Waals surface area (Å²) in [5.41, 5.74) is 13.5. The normalized spacial score (nSPS) is 14.0. The van der Waals surface area contributed by atoms with E-state index in [2.05, 4.69) is 169 Å². The van der Waals surface area contributed by atoms with E-state index in [0.717, 1.165) is 77.8 Å². The predicted octanol–water partition coefficient (Wildman–Crippen LogP) is 12.7. The van der Waals surface area contributed by atoms with Crippen LogP contribution < -0.4 is 5.32 Å². The second-order valence-electron chi connectivity index (χ2n) is 13.8. The van der Waals surface area contributed by atoms with Crippen molar-refractivity contribution in [1.29, 1.82) is 0 Å². The van der Waals surface area contributed by atoms with Crippen LogP contribution >= 0.6 is 0 Å². The fraction of sp³-hybridized carbons (Fsp3) is 0.0196. The molecule has 260 valence electrons. The van der Waals surface area contributed by atoms with Gasteiger partial charge in [0.15, 0.2) is 5.84 Å². The summed E-state index contributed by atoms with van der Waals surface area (Å²) in [6.07, 6.45) is -0.446. The van der Waals surface area contributed by atoms with Gasteiger partial charge in [-0.05, 0) is 45.5 Å². The molecule has 0 saturated carbocycles. The third kappa shape index (κ3) is 6.10. The average Bonchev–Trinajstić information content (AvgIpc) is 3.66. The first kappa shape index (κ1) is 32.4. The number of hydrogen-bond acceptors (Lipinski definition) is 4. The van der Waals surface area contributed by atoms with Crippen LogP contribution in [0.4, 0.5) is 0 Å². The maximum atomic E-state index is 7.16. The smallest absolute Gasteiger partial charge is 0.159 e. The molecule has 0 fully saturated rings. The van der Waals surface area contributed by atoms with E-state index in [1.165, 1.54) is 11.1 Å². The van der Waals surface area contributed by atoms with Gasteiger partial charge < -0.3 is 9.73 Å².